The van der Waals surface area contributed by atoms with E-state index < -0.39 is 17.5 Å². The van der Waals surface area contributed by atoms with Gasteiger partial charge in [-0.3, -0.25) is 29.1 Å². The van der Waals surface area contributed by atoms with Gasteiger partial charge >= 0.3 is 0 Å². The molecule has 0 bridgehead atoms. The van der Waals surface area contributed by atoms with Crippen LogP contribution in [0.1, 0.15) is 37.5 Å². The van der Waals surface area contributed by atoms with E-state index in [9.17, 15) is 19.2 Å². The molecule has 3 amide bonds. The Morgan fingerprint density at radius 3 is 2.69 bits per heavy atom. The molecule has 2 fully saturated rings. The average molecular weight is 354 g/mol. The summed E-state index contributed by atoms with van der Waals surface area (Å²) in [5.41, 5.74) is 0.469. The Labute approximate surface area is 148 Å². The molecule has 1 aliphatic heterocycles. The zero-order valence-electron chi connectivity index (χ0n) is 14.2. The fourth-order valence-corrected chi connectivity index (χ4v) is 3.33. The lowest BCUT2D eigenvalue weighted by molar-refractivity contribution is -0.135. The summed E-state index contributed by atoms with van der Waals surface area (Å²) in [6.07, 6.45) is 2.12. The van der Waals surface area contributed by atoms with Crippen LogP contribution in [0, 0.1) is 12.8 Å². The molecule has 2 heterocycles. The number of nitrogens with one attached hydrogen (secondary N) is 2. The standard InChI is InChI=1S/C18H18N4O4/c1-9-19-11-3-2-4-12(20-16(24)10-5-6-10)15(11)18(26)22(9)13-7-8-14(23)21-17(13)25/h2-4,10,13H,5-8H2,1H3,(H,20,24)(H,21,23,25). The Balaban J connectivity index is 1.84. The van der Waals surface area contributed by atoms with Gasteiger partial charge in [0, 0.05) is 12.3 Å². The van der Waals surface area contributed by atoms with Crippen molar-refractivity contribution in [3.63, 3.8) is 0 Å². The number of aromatic nitrogens is 2. The van der Waals surface area contributed by atoms with Gasteiger partial charge in [-0.1, -0.05) is 6.07 Å². The molecule has 1 aromatic heterocycles. The molecule has 2 aromatic rings. The Morgan fingerprint density at radius 2 is 2.00 bits per heavy atom. The van der Waals surface area contributed by atoms with Crippen molar-refractivity contribution in [3.05, 3.63) is 34.4 Å². The maximum atomic E-state index is 13.2. The van der Waals surface area contributed by atoms with Gasteiger partial charge in [0.25, 0.3) is 5.56 Å². The summed E-state index contributed by atoms with van der Waals surface area (Å²) in [5.74, 6) is -0.566. The predicted octanol–water partition coefficient (Wildman–Crippen LogP) is 1.03. The normalized spacial score (nSPS) is 20.1. The molecule has 0 spiro atoms. The van der Waals surface area contributed by atoms with Crippen LogP contribution in [0.4, 0.5) is 5.69 Å². The number of hydrogen-bond acceptors (Lipinski definition) is 5. The molecule has 8 nitrogen and oxygen atoms in total. The number of amides is 3. The minimum Gasteiger partial charge on any atom is -0.325 e. The number of fused-ring (bicyclic) bond motifs is 1. The molecule has 1 atom stereocenters. The summed E-state index contributed by atoms with van der Waals surface area (Å²) < 4.78 is 1.32. The Kier molecular flexibility index (Phi) is 3.82. The highest BCUT2D eigenvalue weighted by atomic mass is 16.2. The smallest absolute Gasteiger partial charge is 0.264 e. The molecule has 1 aromatic carbocycles. The van der Waals surface area contributed by atoms with Gasteiger partial charge in [0.15, 0.2) is 0 Å². The van der Waals surface area contributed by atoms with Crippen LogP contribution in [0.15, 0.2) is 23.0 Å². The van der Waals surface area contributed by atoms with E-state index >= 15 is 0 Å². The van der Waals surface area contributed by atoms with E-state index in [0.29, 0.717) is 17.0 Å². The number of carbonyl (C=O) groups excluding carboxylic acids is 3. The molecule has 8 heteroatoms. The lowest BCUT2D eigenvalue weighted by Crippen LogP contribution is -2.45. The molecule has 26 heavy (non-hydrogen) atoms. The van der Waals surface area contributed by atoms with Crippen LogP contribution >= 0.6 is 0 Å². The van der Waals surface area contributed by atoms with Crippen molar-refractivity contribution < 1.29 is 14.4 Å². The number of carbonyl (C=O) groups is 3. The van der Waals surface area contributed by atoms with Crippen molar-refractivity contribution in [1.82, 2.24) is 14.9 Å². The van der Waals surface area contributed by atoms with Crippen molar-refractivity contribution in [2.24, 2.45) is 5.92 Å². The minimum atomic E-state index is -0.788. The number of piperidine rings is 1. The lowest BCUT2D eigenvalue weighted by atomic mass is 10.1. The van der Waals surface area contributed by atoms with Crippen molar-refractivity contribution in [2.75, 3.05) is 5.32 Å². The van der Waals surface area contributed by atoms with E-state index in [0.717, 1.165) is 12.8 Å². The molecular weight excluding hydrogens is 336 g/mol. The Morgan fingerprint density at radius 1 is 1.23 bits per heavy atom. The van der Waals surface area contributed by atoms with Crippen LogP contribution in [-0.2, 0) is 14.4 Å². The molecule has 2 aliphatic rings. The number of benzene rings is 1. The molecule has 1 saturated carbocycles. The summed E-state index contributed by atoms with van der Waals surface area (Å²) in [7, 11) is 0. The van der Waals surface area contributed by atoms with Crippen molar-refractivity contribution >= 4 is 34.3 Å². The predicted molar refractivity (Wildman–Crippen MR) is 93.5 cm³/mol. The Hall–Kier alpha value is -3.03. The highest BCUT2D eigenvalue weighted by molar-refractivity contribution is 6.02. The fraction of sp³-hybridized carbons (Fsp3) is 0.389. The summed E-state index contributed by atoms with van der Waals surface area (Å²) in [4.78, 5) is 53.4. The maximum absolute atomic E-state index is 13.2. The van der Waals surface area contributed by atoms with Gasteiger partial charge in [0.1, 0.15) is 11.9 Å². The molecule has 2 N–H and O–H groups in total. The van der Waals surface area contributed by atoms with Gasteiger partial charge in [0.2, 0.25) is 17.7 Å². The highest BCUT2D eigenvalue weighted by Crippen LogP contribution is 2.31. The summed E-state index contributed by atoms with van der Waals surface area (Å²) in [5, 5.41) is 5.35. The number of imide groups is 1. The Bertz CT molecular complexity index is 1010. The highest BCUT2D eigenvalue weighted by Gasteiger charge is 2.32. The first-order valence-corrected chi connectivity index (χ1v) is 8.62. The second-order valence-corrected chi connectivity index (χ2v) is 6.76. The van der Waals surface area contributed by atoms with Gasteiger partial charge in [-0.15, -0.1) is 0 Å². The zero-order chi connectivity index (χ0) is 18.4. The van der Waals surface area contributed by atoms with E-state index in [1.165, 1.54) is 4.57 Å². The first kappa shape index (κ1) is 16.4. The molecule has 1 aliphatic carbocycles. The fourth-order valence-electron chi connectivity index (χ4n) is 3.33. The number of nitrogens with zero attached hydrogens (tertiary/aromatic N) is 2. The third kappa shape index (κ3) is 2.77. The summed E-state index contributed by atoms with van der Waals surface area (Å²) in [6.45, 7) is 1.65. The van der Waals surface area contributed by atoms with E-state index in [1.54, 1.807) is 25.1 Å². The third-order valence-corrected chi connectivity index (χ3v) is 4.83. The molecule has 1 unspecified atom stereocenters. The SMILES string of the molecule is Cc1nc2cccc(NC(=O)C3CC3)c2c(=O)n1C1CCC(=O)NC1=O. The second-order valence-electron chi connectivity index (χ2n) is 6.76. The number of hydrogen-bond donors (Lipinski definition) is 2. The number of aryl methyl sites for hydroxylation is 1. The largest absolute Gasteiger partial charge is 0.325 e. The van der Waals surface area contributed by atoms with Crippen LogP contribution in [0.25, 0.3) is 10.9 Å². The minimum absolute atomic E-state index is 0.000948. The monoisotopic (exact) mass is 354 g/mol. The van der Waals surface area contributed by atoms with Gasteiger partial charge < -0.3 is 5.32 Å². The van der Waals surface area contributed by atoms with Crippen LogP contribution < -0.4 is 16.2 Å². The molecule has 134 valence electrons. The van der Waals surface area contributed by atoms with Crippen LogP contribution in [-0.4, -0.2) is 27.3 Å². The molecule has 0 radical (unpaired) electrons. The van der Waals surface area contributed by atoms with E-state index in [-0.39, 0.29) is 36.0 Å². The van der Waals surface area contributed by atoms with Gasteiger partial charge in [-0.25, -0.2) is 4.98 Å². The maximum Gasteiger partial charge on any atom is 0.264 e. The second kappa shape index (κ2) is 6.05. The molecule has 1 saturated heterocycles. The van der Waals surface area contributed by atoms with Crippen LogP contribution in [0.3, 0.4) is 0 Å². The zero-order valence-corrected chi connectivity index (χ0v) is 14.2. The van der Waals surface area contributed by atoms with Crippen molar-refractivity contribution in [3.8, 4) is 0 Å². The summed E-state index contributed by atoms with van der Waals surface area (Å²) in [6, 6.07) is 4.30. The average Bonchev–Trinajstić information content (AvgIpc) is 3.41. The van der Waals surface area contributed by atoms with Gasteiger partial charge in [-0.2, -0.15) is 0 Å². The number of rotatable bonds is 3. The van der Waals surface area contributed by atoms with Crippen molar-refractivity contribution in [1.29, 1.82) is 0 Å². The van der Waals surface area contributed by atoms with Gasteiger partial charge in [0.05, 0.1) is 16.6 Å². The van der Waals surface area contributed by atoms with Gasteiger partial charge in [-0.05, 0) is 38.3 Å². The molecule has 4 rings (SSSR count). The van der Waals surface area contributed by atoms with Crippen LogP contribution in [0.5, 0.6) is 0 Å². The van der Waals surface area contributed by atoms with E-state index in [2.05, 4.69) is 15.6 Å². The van der Waals surface area contributed by atoms with Crippen molar-refractivity contribution in [2.45, 2.75) is 38.6 Å². The molecular formula is C18H18N4O4. The first-order valence-electron chi connectivity index (χ1n) is 8.62. The lowest BCUT2D eigenvalue weighted by Gasteiger charge is -2.24. The van der Waals surface area contributed by atoms with Crippen LogP contribution in [0.2, 0.25) is 0 Å². The first-order chi connectivity index (χ1) is 12.5. The number of anilines is 1. The topological polar surface area (TPSA) is 110 Å². The summed E-state index contributed by atoms with van der Waals surface area (Å²) >= 11 is 0. The van der Waals surface area contributed by atoms with E-state index in [1.807, 2.05) is 0 Å². The van der Waals surface area contributed by atoms with E-state index in [4.69, 9.17) is 0 Å². The third-order valence-electron chi connectivity index (χ3n) is 4.83. The quantitative estimate of drug-likeness (QED) is 0.800.